The number of nitrogens with zero attached hydrogens (tertiary/aromatic N) is 2. The Morgan fingerprint density at radius 1 is 1.12 bits per heavy atom. The number of carbonyl (C=O) groups excluding carboxylic acids is 1. The van der Waals surface area contributed by atoms with Gasteiger partial charge in [0.1, 0.15) is 0 Å². The molecular weight excluding hydrogens is 365 g/mol. The van der Waals surface area contributed by atoms with Crippen molar-refractivity contribution in [3.05, 3.63) is 46.3 Å². The first kappa shape index (κ1) is 17.3. The van der Waals surface area contributed by atoms with E-state index in [2.05, 4.69) is 21.2 Å². The molecule has 2 aliphatic rings. The van der Waals surface area contributed by atoms with Crippen molar-refractivity contribution in [2.75, 3.05) is 5.32 Å². The van der Waals surface area contributed by atoms with E-state index in [-0.39, 0.29) is 0 Å². The molecule has 138 valence electrons. The number of nitrogens with one attached hydrogen (secondary N) is 2. The fourth-order valence-corrected chi connectivity index (χ4v) is 4.18. The highest BCUT2D eigenvalue weighted by Gasteiger charge is 2.32. The first-order valence-corrected chi connectivity index (χ1v) is 9.22. The van der Waals surface area contributed by atoms with E-state index >= 15 is 0 Å². The molecule has 0 saturated carbocycles. The average Bonchev–Trinajstić information content (AvgIpc) is 3.31. The van der Waals surface area contributed by atoms with Crippen molar-refractivity contribution in [2.45, 2.75) is 44.7 Å². The lowest BCUT2D eigenvalue weighted by Crippen LogP contribution is -2.25. The maximum atomic E-state index is 12.6. The molecule has 2 aromatic rings. The molecule has 0 saturated heterocycles. The number of carbonyl (C=O) groups is 1. The summed E-state index contributed by atoms with van der Waals surface area (Å²) < 4.78 is 41.2. The number of anilines is 1. The fourth-order valence-electron chi connectivity index (χ4n) is 3.70. The predicted octanol–water partition coefficient (Wildman–Crippen LogP) is 4.11. The third-order valence-electron chi connectivity index (χ3n) is 4.83. The summed E-state index contributed by atoms with van der Waals surface area (Å²) in [5.41, 5.74) is 5.03. The van der Waals surface area contributed by atoms with Gasteiger partial charge in [-0.05, 0) is 60.8 Å². The summed E-state index contributed by atoms with van der Waals surface area (Å²) in [7, 11) is 0. The molecule has 1 aromatic heterocycles. The van der Waals surface area contributed by atoms with Crippen LogP contribution in [0.5, 0.6) is 0 Å². The highest BCUT2D eigenvalue weighted by atomic mass is 32.2. The summed E-state index contributed by atoms with van der Waals surface area (Å²) in [6.07, 6.45) is 3.22. The standard InChI is InChI=1S/C17H17F3N4OS/c18-17(19,20)12-8-21-24(9-12)26-23-16(25)22-15-13-5-1-3-10(13)7-11-4-2-6-14(11)15/h7-9H,1-6H2,(H2,22,23,25). The number of rotatable bonds is 3. The normalized spacial score (nSPS) is 15.7. The van der Waals surface area contributed by atoms with Crippen molar-refractivity contribution in [1.29, 1.82) is 0 Å². The highest BCUT2D eigenvalue weighted by molar-refractivity contribution is 7.96. The van der Waals surface area contributed by atoms with E-state index in [9.17, 15) is 18.0 Å². The van der Waals surface area contributed by atoms with Crippen LogP contribution in [0.4, 0.5) is 23.7 Å². The first-order chi connectivity index (χ1) is 12.4. The van der Waals surface area contributed by atoms with Crippen molar-refractivity contribution in [1.82, 2.24) is 13.9 Å². The van der Waals surface area contributed by atoms with Crippen LogP contribution in [0, 0.1) is 0 Å². The summed E-state index contributed by atoms with van der Waals surface area (Å²) in [5.74, 6) is 0. The van der Waals surface area contributed by atoms with Crippen LogP contribution in [0.3, 0.4) is 0 Å². The zero-order chi connectivity index (χ0) is 18.3. The smallest absolute Gasteiger partial charge is 0.307 e. The molecule has 2 amide bonds. The van der Waals surface area contributed by atoms with Crippen molar-refractivity contribution < 1.29 is 18.0 Å². The van der Waals surface area contributed by atoms with Gasteiger partial charge in [-0.3, -0.25) is 4.72 Å². The van der Waals surface area contributed by atoms with Gasteiger partial charge in [-0.15, -0.1) is 0 Å². The van der Waals surface area contributed by atoms with Gasteiger partial charge in [0.15, 0.2) is 0 Å². The summed E-state index contributed by atoms with van der Waals surface area (Å²) in [6, 6.07) is 1.80. The third kappa shape index (κ3) is 3.27. The van der Waals surface area contributed by atoms with Gasteiger partial charge in [-0.2, -0.15) is 22.4 Å². The Balaban J connectivity index is 1.45. The van der Waals surface area contributed by atoms with Gasteiger partial charge < -0.3 is 5.32 Å². The number of urea groups is 1. The monoisotopic (exact) mass is 382 g/mol. The van der Waals surface area contributed by atoms with E-state index in [0.29, 0.717) is 12.1 Å². The fraction of sp³-hybridized carbons (Fsp3) is 0.412. The number of amides is 2. The maximum absolute atomic E-state index is 12.6. The minimum absolute atomic E-state index is 0.464. The Bertz CT molecular complexity index is 830. The SMILES string of the molecule is O=C(NSn1cc(C(F)(F)F)cn1)Nc1c2c(cc3c1CCC3)CCC2. The van der Waals surface area contributed by atoms with Crippen LogP contribution in [0.25, 0.3) is 0 Å². The summed E-state index contributed by atoms with van der Waals surface area (Å²) >= 11 is 0.695. The van der Waals surface area contributed by atoms with E-state index in [1.54, 1.807) is 0 Å². The Morgan fingerprint density at radius 2 is 1.77 bits per heavy atom. The Labute approximate surface area is 152 Å². The second-order valence-corrected chi connectivity index (χ2v) is 7.27. The van der Waals surface area contributed by atoms with Crippen LogP contribution < -0.4 is 10.0 Å². The van der Waals surface area contributed by atoms with Gasteiger partial charge in [-0.1, -0.05) is 6.07 Å². The van der Waals surface area contributed by atoms with Gasteiger partial charge in [0.2, 0.25) is 0 Å². The van der Waals surface area contributed by atoms with Gasteiger partial charge in [0, 0.05) is 5.69 Å². The first-order valence-electron chi connectivity index (χ1n) is 8.44. The minimum Gasteiger partial charge on any atom is -0.307 e. The molecule has 0 radical (unpaired) electrons. The van der Waals surface area contributed by atoms with Crippen LogP contribution in [0.1, 0.15) is 40.7 Å². The zero-order valence-corrected chi connectivity index (χ0v) is 14.6. The number of halogens is 3. The zero-order valence-electron chi connectivity index (χ0n) is 13.8. The number of aryl methyl sites for hydroxylation is 2. The van der Waals surface area contributed by atoms with Gasteiger partial charge in [0.25, 0.3) is 0 Å². The van der Waals surface area contributed by atoms with Crippen LogP contribution in [0.15, 0.2) is 18.5 Å². The molecule has 0 aliphatic heterocycles. The molecule has 0 atom stereocenters. The number of benzene rings is 1. The topological polar surface area (TPSA) is 59.0 Å². The molecule has 9 heteroatoms. The van der Waals surface area contributed by atoms with Gasteiger partial charge >= 0.3 is 12.2 Å². The lowest BCUT2D eigenvalue weighted by molar-refractivity contribution is -0.137. The summed E-state index contributed by atoms with van der Waals surface area (Å²) in [5, 5.41) is 6.51. The Kier molecular flexibility index (Phi) is 4.34. The Hall–Kier alpha value is -2.16. The molecule has 1 heterocycles. The van der Waals surface area contributed by atoms with Crippen LogP contribution in [0.2, 0.25) is 0 Å². The maximum Gasteiger partial charge on any atom is 0.419 e. The van der Waals surface area contributed by atoms with Crippen LogP contribution in [-0.2, 0) is 31.9 Å². The molecule has 0 unspecified atom stereocenters. The van der Waals surface area contributed by atoms with Crippen LogP contribution in [-0.4, -0.2) is 15.2 Å². The minimum atomic E-state index is -4.45. The number of alkyl halides is 3. The number of aromatic nitrogens is 2. The van der Waals surface area contributed by atoms with Crippen molar-refractivity contribution in [3.63, 3.8) is 0 Å². The summed E-state index contributed by atoms with van der Waals surface area (Å²) in [4.78, 5) is 12.3. The molecule has 1 aromatic carbocycles. The van der Waals surface area contributed by atoms with E-state index in [4.69, 9.17) is 0 Å². The van der Waals surface area contributed by atoms with E-state index < -0.39 is 17.8 Å². The second kappa shape index (κ2) is 6.53. The van der Waals surface area contributed by atoms with E-state index in [1.165, 1.54) is 22.3 Å². The lowest BCUT2D eigenvalue weighted by atomic mass is 9.99. The predicted molar refractivity (Wildman–Crippen MR) is 92.9 cm³/mol. The van der Waals surface area contributed by atoms with E-state index in [0.717, 1.165) is 60.7 Å². The number of hydrogen-bond acceptors (Lipinski definition) is 3. The quantitative estimate of drug-likeness (QED) is 0.786. The van der Waals surface area contributed by atoms with Gasteiger partial charge in [0.05, 0.1) is 30.1 Å². The van der Waals surface area contributed by atoms with E-state index in [1.807, 2.05) is 0 Å². The molecule has 2 N–H and O–H groups in total. The molecule has 2 aliphatic carbocycles. The molecule has 0 spiro atoms. The molecular formula is C17H17F3N4OS. The lowest BCUT2D eigenvalue weighted by Gasteiger charge is -2.16. The molecule has 4 rings (SSSR count). The van der Waals surface area contributed by atoms with Gasteiger partial charge in [-0.25, -0.2) is 4.79 Å². The summed E-state index contributed by atoms with van der Waals surface area (Å²) in [6.45, 7) is 0. The number of hydrogen-bond donors (Lipinski definition) is 2. The molecule has 0 fully saturated rings. The molecule has 26 heavy (non-hydrogen) atoms. The van der Waals surface area contributed by atoms with Crippen molar-refractivity contribution in [3.8, 4) is 0 Å². The molecule has 0 bridgehead atoms. The highest BCUT2D eigenvalue weighted by Crippen LogP contribution is 2.38. The average molecular weight is 382 g/mol. The second-order valence-electron chi connectivity index (χ2n) is 6.51. The largest absolute Gasteiger partial charge is 0.419 e. The Morgan fingerprint density at radius 3 is 2.35 bits per heavy atom. The van der Waals surface area contributed by atoms with Crippen LogP contribution >= 0.6 is 12.1 Å². The molecule has 5 nitrogen and oxygen atoms in total. The van der Waals surface area contributed by atoms with Crippen molar-refractivity contribution >= 4 is 23.9 Å². The third-order valence-corrected chi connectivity index (χ3v) is 5.49. The van der Waals surface area contributed by atoms with Crippen molar-refractivity contribution in [2.24, 2.45) is 0 Å². The number of fused-ring (bicyclic) bond motifs is 2.